The lowest BCUT2D eigenvalue weighted by Crippen LogP contribution is -1.97. The van der Waals surface area contributed by atoms with Crippen LogP contribution in [0.1, 0.15) is 23.8 Å². The molecule has 1 heterocycles. The van der Waals surface area contributed by atoms with Crippen molar-refractivity contribution in [3.8, 4) is 0 Å². The first kappa shape index (κ1) is 11.6. The fourth-order valence-electron chi connectivity index (χ4n) is 1.64. The molecule has 0 aromatic heterocycles. The summed E-state index contributed by atoms with van der Waals surface area (Å²) in [5.74, 6) is 0.658. The van der Waals surface area contributed by atoms with Gasteiger partial charge in [0.1, 0.15) is 0 Å². The number of benzene rings is 1. The minimum Gasteiger partial charge on any atom is -0.346 e. The molecule has 0 spiro atoms. The zero-order valence-electron chi connectivity index (χ0n) is 9.06. The molecule has 3 heteroatoms. The molecule has 0 radical (unpaired) electrons. The molecule has 1 aliphatic rings. The van der Waals surface area contributed by atoms with Crippen molar-refractivity contribution in [3.63, 3.8) is 0 Å². The number of hydrogen-bond acceptors (Lipinski definition) is 2. The molecule has 1 aromatic carbocycles. The van der Waals surface area contributed by atoms with Crippen molar-refractivity contribution in [1.82, 2.24) is 0 Å². The topological polar surface area (TPSA) is 18.5 Å². The molecule has 0 bridgehead atoms. The molecule has 16 heavy (non-hydrogen) atoms. The molecule has 0 unspecified atom stereocenters. The number of halogens is 1. The third-order valence-electron chi connectivity index (χ3n) is 2.39. The summed E-state index contributed by atoms with van der Waals surface area (Å²) in [7, 11) is 0. The Bertz CT molecular complexity index is 357. The van der Waals surface area contributed by atoms with Crippen molar-refractivity contribution in [2.24, 2.45) is 0 Å². The summed E-state index contributed by atoms with van der Waals surface area (Å²) < 4.78 is 10.9. The Kier molecular flexibility index (Phi) is 4.40. The van der Waals surface area contributed by atoms with Crippen molar-refractivity contribution >= 4 is 17.7 Å². The first-order chi connectivity index (χ1) is 7.90. The van der Waals surface area contributed by atoms with Crippen LogP contribution in [0.25, 0.3) is 6.08 Å². The molecular weight excluding hydrogens is 224 g/mol. The van der Waals surface area contributed by atoms with E-state index in [4.69, 9.17) is 21.1 Å². The van der Waals surface area contributed by atoms with Crippen molar-refractivity contribution in [1.29, 1.82) is 0 Å². The lowest BCUT2D eigenvalue weighted by molar-refractivity contribution is -0.0441. The summed E-state index contributed by atoms with van der Waals surface area (Å²) in [6.45, 7) is 1.36. The summed E-state index contributed by atoms with van der Waals surface area (Å²) in [5.41, 5.74) is 2.23. The molecular formula is C13H15ClO2. The standard InChI is InChI=1S/C13H15ClO2/c14-7-2-1-4-11-5-3-6-12(10-11)13-15-8-9-16-13/h1,3-6,10,13H,2,7-9H2. The Labute approximate surface area is 101 Å². The van der Waals surface area contributed by atoms with Crippen LogP contribution >= 0.6 is 11.6 Å². The Morgan fingerprint density at radius 2 is 2.12 bits per heavy atom. The quantitative estimate of drug-likeness (QED) is 0.749. The smallest absolute Gasteiger partial charge is 0.184 e. The van der Waals surface area contributed by atoms with Crippen LogP contribution in [0.2, 0.25) is 0 Å². The molecule has 0 aliphatic carbocycles. The maximum absolute atomic E-state index is 5.61. The summed E-state index contributed by atoms with van der Waals surface area (Å²) in [4.78, 5) is 0. The van der Waals surface area contributed by atoms with E-state index in [2.05, 4.69) is 24.3 Å². The highest BCUT2D eigenvalue weighted by atomic mass is 35.5. The predicted molar refractivity (Wildman–Crippen MR) is 65.5 cm³/mol. The summed E-state index contributed by atoms with van der Waals surface area (Å²) in [6.07, 6.45) is 4.84. The fraction of sp³-hybridized carbons (Fsp3) is 0.385. The van der Waals surface area contributed by atoms with Gasteiger partial charge < -0.3 is 9.47 Å². The Morgan fingerprint density at radius 1 is 1.31 bits per heavy atom. The number of ether oxygens (including phenoxy) is 2. The molecule has 0 saturated carbocycles. The van der Waals surface area contributed by atoms with Gasteiger partial charge in [0.2, 0.25) is 0 Å². The van der Waals surface area contributed by atoms with Gasteiger partial charge in [-0.3, -0.25) is 0 Å². The second-order valence-electron chi connectivity index (χ2n) is 3.62. The molecule has 0 atom stereocenters. The Balaban J connectivity index is 2.06. The molecule has 86 valence electrons. The SMILES string of the molecule is ClCCC=Cc1cccc(C2OCCO2)c1. The number of allylic oxidation sites excluding steroid dienone is 1. The van der Waals surface area contributed by atoms with Crippen molar-refractivity contribution < 1.29 is 9.47 Å². The van der Waals surface area contributed by atoms with E-state index in [-0.39, 0.29) is 6.29 Å². The highest BCUT2D eigenvalue weighted by Crippen LogP contribution is 2.24. The maximum Gasteiger partial charge on any atom is 0.184 e. The van der Waals surface area contributed by atoms with Crippen molar-refractivity contribution in [2.45, 2.75) is 12.7 Å². The van der Waals surface area contributed by atoms with E-state index < -0.39 is 0 Å². The van der Waals surface area contributed by atoms with Gasteiger partial charge in [-0.15, -0.1) is 11.6 Å². The third kappa shape index (κ3) is 3.08. The third-order valence-corrected chi connectivity index (χ3v) is 2.61. The normalized spacial score (nSPS) is 17.3. The summed E-state index contributed by atoms with van der Waals surface area (Å²) in [5, 5.41) is 0. The van der Waals surface area contributed by atoms with Crippen LogP contribution in [0.4, 0.5) is 0 Å². The van der Waals surface area contributed by atoms with E-state index in [1.165, 1.54) is 0 Å². The zero-order valence-corrected chi connectivity index (χ0v) is 9.82. The molecule has 1 aliphatic heterocycles. The number of rotatable bonds is 4. The van der Waals surface area contributed by atoms with E-state index in [9.17, 15) is 0 Å². The van der Waals surface area contributed by atoms with Gasteiger partial charge in [0.05, 0.1) is 13.2 Å². The van der Waals surface area contributed by atoms with Gasteiger partial charge in [-0.2, -0.15) is 0 Å². The van der Waals surface area contributed by atoms with E-state index in [0.29, 0.717) is 19.1 Å². The second-order valence-corrected chi connectivity index (χ2v) is 4.00. The van der Waals surface area contributed by atoms with Gasteiger partial charge in [-0.1, -0.05) is 30.4 Å². The van der Waals surface area contributed by atoms with Crippen molar-refractivity contribution in [2.75, 3.05) is 19.1 Å². The van der Waals surface area contributed by atoms with E-state index >= 15 is 0 Å². The molecule has 0 amide bonds. The molecule has 2 rings (SSSR count). The Morgan fingerprint density at radius 3 is 2.88 bits per heavy atom. The van der Waals surface area contributed by atoms with Crippen LogP contribution in [-0.4, -0.2) is 19.1 Å². The monoisotopic (exact) mass is 238 g/mol. The van der Waals surface area contributed by atoms with Crippen molar-refractivity contribution in [3.05, 3.63) is 41.5 Å². The van der Waals surface area contributed by atoms with Gasteiger partial charge >= 0.3 is 0 Å². The fourth-order valence-corrected chi connectivity index (χ4v) is 1.77. The molecule has 1 aromatic rings. The maximum atomic E-state index is 5.61. The molecule has 2 nitrogen and oxygen atoms in total. The average molecular weight is 239 g/mol. The van der Waals surface area contributed by atoms with Gasteiger partial charge in [0.15, 0.2) is 6.29 Å². The molecule has 0 N–H and O–H groups in total. The first-order valence-corrected chi connectivity index (χ1v) is 5.99. The zero-order chi connectivity index (χ0) is 11.2. The lowest BCUT2D eigenvalue weighted by atomic mass is 10.1. The summed E-state index contributed by atoms with van der Waals surface area (Å²) in [6, 6.07) is 8.18. The van der Waals surface area contributed by atoms with Gasteiger partial charge in [-0.05, 0) is 18.1 Å². The highest BCUT2D eigenvalue weighted by molar-refractivity contribution is 6.17. The number of alkyl halides is 1. The van der Waals surface area contributed by atoms with Crippen LogP contribution < -0.4 is 0 Å². The molecule has 1 saturated heterocycles. The highest BCUT2D eigenvalue weighted by Gasteiger charge is 2.17. The van der Waals surface area contributed by atoms with Gasteiger partial charge in [-0.25, -0.2) is 0 Å². The first-order valence-electron chi connectivity index (χ1n) is 5.46. The van der Waals surface area contributed by atoms with E-state index in [0.717, 1.165) is 17.5 Å². The van der Waals surface area contributed by atoms with Crippen LogP contribution in [-0.2, 0) is 9.47 Å². The van der Waals surface area contributed by atoms with Crippen LogP contribution in [0.5, 0.6) is 0 Å². The van der Waals surface area contributed by atoms with Crippen LogP contribution in [0, 0.1) is 0 Å². The lowest BCUT2D eigenvalue weighted by Gasteiger charge is -2.09. The van der Waals surface area contributed by atoms with Gasteiger partial charge in [0.25, 0.3) is 0 Å². The van der Waals surface area contributed by atoms with Crippen LogP contribution in [0.3, 0.4) is 0 Å². The van der Waals surface area contributed by atoms with E-state index in [1.54, 1.807) is 0 Å². The Hall–Kier alpha value is -0.830. The largest absolute Gasteiger partial charge is 0.346 e. The minimum atomic E-state index is -0.193. The summed E-state index contributed by atoms with van der Waals surface area (Å²) >= 11 is 5.61. The second kappa shape index (κ2) is 6.04. The van der Waals surface area contributed by atoms with E-state index in [1.807, 2.05) is 12.1 Å². The minimum absolute atomic E-state index is 0.193. The average Bonchev–Trinajstić information content (AvgIpc) is 2.83. The predicted octanol–water partition coefficient (Wildman–Crippen LogP) is 3.37. The number of hydrogen-bond donors (Lipinski definition) is 0. The van der Waals surface area contributed by atoms with Crippen LogP contribution in [0.15, 0.2) is 30.3 Å². The van der Waals surface area contributed by atoms with Gasteiger partial charge in [0, 0.05) is 11.4 Å². The molecule has 1 fully saturated rings.